The number of aliphatic hydroxyl groups is 14. The van der Waals surface area contributed by atoms with Crippen molar-refractivity contribution in [2.45, 2.75) is 304 Å². The molecule has 0 aromatic carbocycles. The van der Waals surface area contributed by atoms with Crippen molar-refractivity contribution in [1.29, 1.82) is 0 Å². The molecule has 0 spiro atoms. The van der Waals surface area contributed by atoms with Crippen molar-refractivity contribution in [3.63, 3.8) is 0 Å². The Labute approximate surface area is 569 Å². The van der Waals surface area contributed by atoms with Gasteiger partial charge in [0.2, 0.25) is 10.4 Å². The van der Waals surface area contributed by atoms with Crippen molar-refractivity contribution >= 4 is 10.4 Å². The molecule has 10 rings (SSSR count). The Morgan fingerprint density at radius 3 is 1.84 bits per heavy atom. The molecule has 6 heterocycles. The maximum Gasteiger partial charge on any atom is 1.00 e. The zero-order valence-corrected chi connectivity index (χ0v) is 57.8. The van der Waals surface area contributed by atoms with Crippen molar-refractivity contribution < 1.29 is 175 Å². The number of hydrogen-bond acceptors (Lipinski definition) is 30. The van der Waals surface area contributed by atoms with Gasteiger partial charge in [0.05, 0.1) is 62.0 Å². The minimum atomic E-state index is -5.09. The summed E-state index contributed by atoms with van der Waals surface area (Å²) in [4.78, 5) is 0. The Hall–Kier alpha value is -0.690. The minimum Gasteiger partial charge on any atom is -0.726 e. The molecule has 10 aliphatic rings. The summed E-state index contributed by atoms with van der Waals surface area (Å²) in [7, 11) is -5.09. The van der Waals surface area contributed by atoms with E-state index >= 15 is 0 Å². The first-order valence-corrected chi connectivity index (χ1v) is 34.2. The maximum atomic E-state index is 12.5. The van der Waals surface area contributed by atoms with Gasteiger partial charge in [0.25, 0.3) is 0 Å². The number of fused-ring (bicyclic) bond motifs is 5. The summed E-state index contributed by atoms with van der Waals surface area (Å²) in [6.45, 7) is 14.5. The molecule has 0 amide bonds. The van der Waals surface area contributed by atoms with Gasteiger partial charge in [-0.05, 0) is 134 Å². The molecule has 37 atom stereocenters. The molecule has 30 nitrogen and oxygen atoms in total. The fourth-order valence-corrected chi connectivity index (χ4v) is 17.5. The summed E-state index contributed by atoms with van der Waals surface area (Å²) >= 11 is 0. The second-order valence-corrected chi connectivity index (χ2v) is 29.9. The molecule has 4 aliphatic carbocycles. The van der Waals surface area contributed by atoms with Crippen molar-refractivity contribution in [2.24, 2.45) is 40.4 Å². The molecule has 3 saturated carbocycles. The Balaban J connectivity index is 0.0000104. The third kappa shape index (κ3) is 15.6. The molecule has 6 saturated heterocycles. The number of allylic oxidation sites excluding steroid dienone is 4. The molecule has 32 heteroatoms. The topological polar surface area (TPSA) is 460 Å². The first kappa shape index (κ1) is 77.5. The minimum absolute atomic E-state index is 0. The van der Waals surface area contributed by atoms with Gasteiger partial charge in [-0.15, -0.1) is 0 Å². The second kappa shape index (κ2) is 30.7. The van der Waals surface area contributed by atoms with Crippen LogP contribution in [0.25, 0.3) is 0 Å². The van der Waals surface area contributed by atoms with Gasteiger partial charge < -0.3 is 133 Å². The van der Waals surface area contributed by atoms with Gasteiger partial charge in [-0.2, -0.15) is 0 Å². The van der Waals surface area contributed by atoms with Crippen LogP contribution < -0.4 is 29.6 Å². The van der Waals surface area contributed by atoms with E-state index in [1.807, 2.05) is 20.8 Å². The molecule has 9 fully saturated rings. The Bertz CT molecular complexity index is 2680. The first-order valence-electron chi connectivity index (χ1n) is 32.8. The summed E-state index contributed by atoms with van der Waals surface area (Å²) < 4.78 is 115. The summed E-state index contributed by atoms with van der Waals surface area (Å²) in [5, 5.41) is 156. The molecule has 0 bridgehead atoms. The van der Waals surface area contributed by atoms with Crippen molar-refractivity contribution in [2.75, 3.05) is 19.8 Å². The van der Waals surface area contributed by atoms with Crippen LogP contribution >= 0.6 is 0 Å². The van der Waals surface area contributed by atoms with E-state index in [0.717, 1.165) is 25.7 Å². The standard InChI is InChI=1S/C62H102O30S.Na/c1-24(2)11-10-16-62(9,76)38-13-12-31-30-20-35(33-19-29(92-93(77,78)79)14-17-60(33,7)32(30)15-18-61(31,38)8)85-54-25(3)50(41(67)28(6)82-54)88-58-52(91-56-47(73)44(70)39(65)26(4)83-56)43(69)37(23-81-58)87-59-53(46(72)40(66)27(5)84-59)90-55-49(75)51(34(64)22-80-55)89-57-48(74)45(71)42(68)36(21-63)86-57;/h11,15,25-31,33-59,63-76H,10,12-14,16-23H2,1-9H3,(H,77,78,79);/q;+1/p-1/t25-,26-,27-,28-,29+,30+,31+,33-,34+,35+,36-,37-,38+,39-,40+,41-,42+,43+,44+,45+,46+,47-,48-,49-,50-,51+,52-,53-,54+,55+,56+,57+,58+,59+,60-,61+,62+;/m1./s1. The van der Waals surface area contributed by atoms with Crippen molar-refractivity contribution in [1.82, 2.24) is 0 Å². The van der Waals surface area contributed by atoms with Crippen LogP contribution in [0.15, 0.2) is 23.3 Å². The quantitative estimate of drug-likeness (QED) is 0.0248. The van der Waals surface area contributed by atoms with E-state index < -0.39 is 231 Å². The smallest absolute Gasteiger partial charge is 0.726 e. The van der Waals surface area contributed by atoms with Crippen molar-refractivity contribution in [3.8, 4) is 0 Å². The molecular weight excluding hydrogens is 1280 g/mol. The number of ether oxygens (including phenoxy) is 12. The first-order chi connectivity index (χ1) is 43.6. The number of rotatable bonds is 19. The molecule has 0 radical (unpaired) electrons. The van der Waals surface area contributed by atoms with Gasteiger partial charge in [0, 0.05) is 5.92 Å². The van der Waals surface area contributed by atoms with Crippen molar-refractivity contribution in [3.05, 3.63) is 23.3 Å². The fourth-order valence-electron chi connectivity index (χ4n) is 17.0. The maximum absolute atomic E-state index is 12.5. The SMILES string of the molecule is CC(C)=CCC[C@](C)(O)[C@H]1CC[C@H]2[C@@H]3C[C@H](O[C@@H]4O[C@H](C)[C@@H](O)[C@H](O[C@@H]5OC[C@@H](O[C@@H]6O[C@H](C)[C@H](O)[C@H](O)[C@H]6O[C@@H]6OC[C@H](O)[C@H](O[C@@H]7O[C@H](CO)[C@H](O)[C@H](O)[C@H]7O)[C@H]6O)[C@H](O)[C@H]5O[C@@H]5O[C@H](C)[C@@H](O)[C@H](O)[C@H]5O)[C@H]4C)[C@H]4C[C@@H](OS(=O)(=O)[O-])CC[C@]4(C)C3=CC[C@@]21C.[Na+]. The third-order valence-corrected chi connectivity index (χ3v) is 22.9. The van der Waals surface area contributed by atoms with E-state index in [1.165, 1.54) is 25.0 Å². The van der Waals surface area contributed by atoms with Gasteiger partial charge in [-0.25, -0.2) is 8.42 Å². The predicted octanol–water partition coefficient (Wildman–Crippen LogP) is -5.54. The molecule has 0 unspecified atom stereocenters. The summed E-state index contributed by atoms with van der Waals surface area (Å²) in [5.74, 6) is -1.18. The van der Waals surface area contributed by atoms with Crippen LogP contribution in [0.1, 0.15) is 120 Å². The predicted molar refractivity (Wildman–Crippen MR) is 313 cm³/mol. The third-order valence-electron chi connectivity index (χ3n) is 22.4. The van der Waals surface area contributed by atoms with E-state index in [9.17, 15) is 84.5 Å². The van der Waals surface area contributed by atoms with Crippen LogP contribution in [0.3, 0.4) is 0 Å². The van der Waals surface area contributed by atoms with Gasteiger partial charge in [-0.1, -0.05) is 44.1 Å². The van der Waals surface area contributed by atoms with Crippen LogP contribution in [0.2, 0.25) is 0 Å². The van der Waals surface area contributed by atoms with Crippen LogP contribution in [-0.4, -0.2) is 288 Å². The van der Waals surface area contributed by atoms with Crippen LogP contribution in [-0.2, 0) is 71.4 Å². The van der Waals surface area contributed by atoms with Crippen LogP contribution in [0, 0.1) is 40.4 Å². The second-order valence-electron chi connectivity index (χ2n) is 28.9. The fraction of sp³-hybridized carbons (Fsp3) is 0.935. The Morgan fingerprint density at radius 1 is 0.617 bits per heavy atom. The van der Waals surface area contributed by atoms with Crippen LogP contribution in [0.5, 0.6) is 0 Å². The van der Waals surface area contributed by atoms with E-state index in [0.29, 0.717) is 25.7 Å². The molecule has 14 N–H and O–H groups in total. The Morgan fingerprint density at radius 2 is 1.18 bits per heavy atom. The monoisotopic (exact) mass is 1380 g/mol. The van der Waals surface area contributed by atoms with E-state index in [-0.39, 0.29) is 59.1 Å². The average molecular weight is 1380 g/mol. The molecule has 0 aromatic heterocycles. The van der Waals surface area contributed by atoms with E-state index in [1.54, 1.807) is 13.8 Å². The molecular formula is C62H101NaO30S. The largest absolute Gasteiger partial charge is 1.00 e. The zero-order chi connectivity index (χ0) is 67.9. The average Bonchev–Trinajstić information content (AvgIpc) is 1.34. The number of aliphatic hydroxyl groups excluding tert-OH is 13. The number of hydrogen-bond donors (Lipinski definition) is 14. The summed E-state index contributed by atoms with van der Waals surface area (Å²) in [5.41, 5.74) is 0.625. The zero-order valence-electron chi connectivity index (χ0n) is 55.0. The molecule has 94 heavy (non-hydrogen) atoms. The van der Waals surface area contributed by atoms with Gasteiger partial charge in [0.15, 0.2) is 37.7 Å². The summed E-state index contributed by atoms with van der Waals surface area (Å²) in [6.07, 6.45) is -36.5. The van der Waals surface area contributed by atoms with Gasteiger partial charge in [-0.3, -0.25) is 4.18 Å². The van der Waals surface area contributed by atoms with E-state index in [2.05, 4.69) is 26.0 Å². The van der Waals surface area contributed by atoms with E-state index in [4.69, 9.17) is 61.0 Å². The molecule has 6 aliphatic heterocycles. The normalized spacial score (nSPS) is 51.4. The molecule has 0 aromatic rings. The van der Waals surface area contributed by atoms with Gasteiger partial charge in [0.1, 0.15) is 104 Å². The van der Waals surface area contributed by atoms with Crippen LogP contribution in [0.4, 0.5) is 0 Å². The summed E-state index contributed by atoms with van der Waals surface area (Å²) in [6, 6.07) is 0. The Kier molecular flexibility index (Phi) is 25.3. The van der Waals surface area contributed by atoms with Gasteiger partial charge >= 0.3 is 29.6 Å². The molecule has 536 valence electrons.